The second-order valence-corrected chi connectivity index (χ2v) is 12.4. The van der Waals surface area contributed by atoms with Crippen LogP contribution in [0.25, 0.3) is 22.0 Å². The van der Waals surface area contributed by atoms with Crippen LogP contribution in [0.1, 0.15) is 65.3 Å². The molecule has 1 fully saturated rings. The normalized spacial score (nSPS) is 20.9. The first-order valence-electron chi connectivity index (χ1n) is 26.6. The van der Waals surface area contributed by atoms with Crippen molar-refractivity contribution in [2.24, 2.45) is 0 Å². The number of rotatable bonds is 12. The van der Waals surface area contributed by atoms with E-state index in [9.17, 15) is 27.8 Å². The number of alkyl halides is 3. The molecule has 0 spiro atoms. The minimum atomic E-state index is -5.45. The van der Waals surface area contributed by atoms with Crippen LogP contribution in [0.5, 0.6) is 0 Å². The van der Waals surface area contributed by atoms with E-state index in [2.05, 4.69) is 0 Å². The van der Waals surface area contributed by atoms with E-state index in [-0.39, 0.29) is 65.9 Å². The lowest BCUT2D eigenvalue weighted by Crippen LogP contribution is -2.48. The van der Waals surface area contributed by atoms with Crippen LogP contribution >= 0.6 is 11.8 Å². The number of benzene rings is 4. The van der Waals surface area contributed by atoms with Crippen molar-refractivity contribution in [1.82, 2.24) is 14.4 Å². The van der Waals surface area contributed by atoms with Gasteiger partial charge < -0.3 is 19.1 Å². The van der Waals surface area contributed by atoms with Crippen LogP contribution in [0.2, 0.25) is 0 Å². The molecule has 2 heterocycles. The lowest BCUT2D eigenvalue weighted by Gasteiger charge is -2.39. The van der Waals surface area contributed by atoms with E-state index < -0.39 is 195 Å². The second-order valence-electron chi connectivity index (χ2n) is 11.4. The van der Waals surface area contributed by atoms with Crippen LogP contribution in [-0.4, -0.2) is 59.6 Å². The van der Waals surface area contributed by atoms with Gasteiger partial charge in [-0.2, -0.15) is 13.2 Å². The summed E-state index contributed by atoms with van der Waals surface area (Å²) in [4.78, 5) is 31.3. The number of nitrogens with zero attached hydrogens (tertiary/aromatic N) is 3. The number of fused-ring (bicyclic) bond motifs is 1. The molecule has 6 nitrogen and oxygen atoms in total. The summed E-state index contributed by atoms with van der Waals surface area (Å²) in [6, 6.07) is -21.0. The fourth-order valence-corrected chi connectivity index (χ4v) is 6.13. The summed E-state index contributed by atoms with van der Waals surface area (Å²) in [5.74, 6) is -6.86. The van der Waals surface area contributed by atoms with Gasteiger partial charge in [-0.05, 0) is 66.7 Å². The number of methoxy groups -OCH3 is 1. The number of piperidine rings is 1. The fourth-order valence-electron chi connectivity index (χ4n) is 5.22. The number of pyridine rings is 1. The number of ether oxygens (including phenoxy) is 1. The quantitative estimate of drug-likeness (QED) is 0.0939. The molecule has 0 unspecified atom stereocenters. The molecule has 4 aromatic carbocycles. The Morgan fingerprint density at radius 3 is 2.38 bits per heavy atom. The van der Waals surface area contributed by atoms with Crippen LogP contribution in [0.4, 0.5) is 22.0 Å². The molecule has 1 amide bonds. The SMILES string of the molecule is [2H]c1c([2H])c(F)c(F)c(CSc2c([2H])c(=O)c3c([2H])c(C)c([2H])c([2H])c3n2C([2H])([2H])C(=O)N(C2CCN(CCOC([2H])([2H])[2H])CC2)C([2H])([2H])c2c([2H])c([2H])c(-c3c([2H])c([2H])c(C(F)(F)F)c([2H])c3[2H])c([2H])c2[2H])c1[2H]. The molecular weight excluding hydrogens is 710 g/mol. The van der Waals surface area contributed by atoms with Gasteiger partial charge in [-0.3, -0.25) is 9.59 Å². The van der Waals surface area contributed by atoms with Gasteiger partial charge in [-0.1, -0.05) is 59.9 Å². The first-order chi connectivity index (χ1) is 34.4. The van der Waals surface area contributed by atoms with Gasteiger partial charge >= 0.3 is 6.18 Å². The van der Waals surface area contributed by atoms with Crippen molar-refractivity contribution in [3.05, 3.63) is 135 Å². The molecule has 278 valence electrons. The molecule has 0 saturated carbocycles. The summed E-state index contributed by atoms with van der Waals surface area (Å²) in [6.07, 6.45) is -6.18. The van der Waals surface area contributed by atoms with Crippen LogP contribution < -0.4 is 5.43 Å². The molecule has 1 saturated heterocycles. The zero-order valence-corrected chi connectivity index (χ0v) is 28.2. The maximum Gasteiger partial charge on any atom is 0.416 e. The van der Waals surface area contributed by atoms with Gasteiger partial charge in [0.1, 0.15) is 6.50 Å². The minimum absolute atomic E-state index is 0.0577. The van der Waals surface area contributed by atoms with E-state index in [0.717, 1.165) is 6.92 Å². The number of halogens is 5. The molecular formula is C41H40F5N3O3S. The molecule has 0 radical (unpaired) electrons. The largest absolute Gasteiger partial charge is 0.416 e. The average molecular weight is 772 g/mol. The highest BCUT2D eigenvalue weighted by atomic mass is 32.2. The van der Waals surface area contributed by atoms with Crippen molar-refractivity contribution >= 4 is 28.6 Å². The Hall–Kier alpha value is -4.52. The molecule has 53 heavy (non-hydrogen) atoms. The highest BCUT2D eigenvalue weighted by molar-refractivity contribution is 7.98. The Labute approximate surface area is 340 Å². The molecule has 1 aliphatic heterocycles. The number of hydrogen-bond donors (Lipinski definition) is 0. The highest BCUT2D eigenvalue weighted by Crippen LogP contribution is 2.32. The van der Waals surface area contributed by atoms with Crippen molar-refractivity contribution in [1.29, 1.82) is 0 Å². The monoisotopic (exact) mass is 771 g/mol. The van der Waals surface area contributed by atoms with Gasteiger partial charge in [0.05, 0.1) is 52.9 Å². The smallest absolute Gasteiger partial charge is 0.383 e. The van der Waals surface area contributed by atoms with Crippen LogP contribution in [0, 0.1) is 18.6 Å². The maximum atomic E-state index is 15.6. The van der Waals surface area contributed by atoms with Gasteiger partial charge in [0, 0.05) is 62.0 Å². The number of carbonyl (C=O) groups excluding carboxylic acids is 1. The van der Waals surface area contributed by atoms with Gasteiger partial charge in [-0.25, -0.2) is 8.78 Å². The fraction of sp³-hybridized carbons (Fsp3) is 0.317. The van der Waals surface area contributed by atoms with E-state index in [0.29, 0.717) is 0 Å². The van der Waals surface area contributed by atoms with E-state index in [1.54, 1.807) is 4.90 Å². The van der Waals surface area contributed by atoms with Crippen LogP contribution in [0.15, 0.2) is 100 Å². The lowest BCUT2D eigenvalue weighted by molar-refractivity contribution is -0.137. The molecule has 0 bridgehead atoms. The maximum absolute atomic E-state index is 15.6. The zero-order chi connectivity index (χ0) is 56.8. The zero-order valence-electron chi connectivity index (χ0n) is 49.4. The molecule has 1 aliphatic rings. The van der Waals surface area contributed by atoms with E-state index in [1.165, 1.54) is 0 Å². The third-order valence-corrected chi connectivity index (χ3v) is 8.85. The van der Waals surface area contributed by atoms with Crippen molar-refractivity contribution < 1.29 is 61.6 Å². The number of thioether (sulfide) groups is 1. The Bertz CT molecular complexity index is 3170. The Morgan fingerprint density at radius 2 is 1.70 bits per heavy atom. The topological polar surface area (TPSA) is 54.8 Å². The van der Waals surface area contributed by atoms with E-state index in [1.807, 2.05) is 0 Å². The number of carbonyl (C=O) groups is 1. The Balaban J connectivity index is 1.64. The molecule has 12 heteroatoms. The van der Waals surface area contributed by atoms with E-state index in [4.69, 9.17) is 29.4 Å². The summed E-state index contributed by atoms with van der Waals surface area (Å²) in [7, 11) is -2.80. The van der Waals surface area contributed by atoms with Gasteiger partial charge in [-0.15, -0.1) is 11.8 Å². The van der Waals surface area contributed by atoms with Crippen LogP contribution in [0.3, 0.4) is 0 Å². The minimum Gasteiger partial charge on any atom is -0.383 e. The van der Waals surface area contributed by atoms with Gasteiger partial charge in [0.25, 0.3) is 0 Å². The summed E-state index contributed by atoms with van der Waals surface area (Å²) in [6.45, 7) is -7.39. The summed E-state index contributed by atoms with van der Waals surface area (Å²) < 4.78 is 265. The molecule has 0 atom stereocenters. The summed E-state index contributed by atoms with van der Waals surface area (Å²) in [5, 5.41) is -1.97. The molecule has 1 aromatic heterocycles. The number of hydrogen-bond acceptors (Lipinski definition) is 5. The molecule has 0 N–H and O–H groups in total. The van der Waals surface area contributed by atoms with Crippen molar-refractivity contribution in [2.45, 2.75) is 55.8 Å². The average Bonchev–Trinajstić information content (AvgIpc) is 3.31. The van der Waals surface area contributed by atoms with E-state index >= 15 is 9.18 Å². The predicted octanol–water partition coefficient (Wildman–Crippen LogP) is 8.71. The number of aromatic nitrogens is 1. The van der Waals surface area contributed by atoms with Crippen LogP contribution in [-0.2, 0) is 34.5 Å². The van der Waals surface area contributed by atoms with Gasteiger partial charge in [0.15, 0.2) is 17.1 Å². The third-order valence-electron chi connectivity index (χ3n) is 7.86. The Kier molecular flexibility index (Phi) is 6.03. The molecule has 0 aliphatic carbocycles. The Morgan fingerprint density at radius 1 is 1.00 bits per heavy atom. The molecule has 5 aromatic rings. The first kappa shape index (κ1) is 19.2. The predicted molar refractivity (Wildman–Crippen MR) is 198 cm³/mol. The van der Waals surface area contributed by atoms with Gasteiger partial charge in [0.2, 0.25) is 5.91 Å². The highest BCUT2D eigenvalue weighted by Gasteiger charge is 2.31. The summed E-state index contributed by atoms with van der Waals surface area (Å²) in [5.41, 5.74) is -9.49. The molecule has 6 rings (SSSR count). The third kappa shape index (κ3) is 9.17. The number of amides is 1. The lowest BCUT2D eigenvalue weighted by atomic mass is 10.00. The van der Waals surface area contributed by atoms with Crippen molar-refractivity contribution in [2.75, 3.05) is 33.3 Å². The summed E-state index contributed by atoms with van der Waals surface area (Å²) >= 11 is 0.0577. The number of likely N-dealkylation sites (tertiary alicyclic amines) is 1. The second kappa shape index (κ2) is 16.7. The van der Waals surface area contributed by atoms with Crippen molar-refractivity contribution in [3.8, 4) is 11.1 Å². The van der Waals surface area contributed by atoms with Crippen molar-refractivity contribution in [3.63, 3.8) is 0 Å². The first-order valence-corrected chi connectivity index (χ1v) is 16.6. The standard InChI is InChI=1S/C41H40F5N3O3S/c1-27-6-15-36-34(22-27)37(50)23-39(53-26-31-4-3-5-35(42)40(31)43)49(36)25-38(51)48(33-16-18-47(19-17-33)20-21-52-2)24-28-7-9-29(10-8-28)30-11-13-32(14-12-30)41(44,45)46/h3-15,22-23,33H,16-21,24-26H2,1-2H3/i2D3,3D,4D,5D,6D,7D,8D,9D,10D,11D,12D,13D,14D,15D,22D,23D,24D2,25D2.